The van der Waals surface area contributed by atoms with Gasteiger partial charge in [-0.05, 0) is 48.0 Å². The number of ether oxygens (including phenoxy) is 3. The van der Waals surface area contributed by atoms with Gasteiger partial charge in [-0.2, -0.15) is 0 Å². The molecule has 2 heterocycles. The third kappa shape index (κ3) is 6.93. The second kappa shape index (κ2) is 12.6. The van der Waals surface area contributed by atoms with Crippen molar-refractivity contribution in [2.75, 3.05) is 13.2 Å². The molecule has 0 amide bonds. The molecule has 2 aromatic rings. The number of carbonyl (C=O) groups is 2. The third-order valence-electron chi connectivity index (χ3n) is 5.07. The highest BCUT2D eigenvalue weighted by atomic mass is 79.9. The summed E-state index contributed by atoms with van der Waals surface area (Å²) in [7, 11) is -3.80. The molecule has 0 aliphatic carbocycles. The van der Waals surface area contributed by atoms with Crippen molar-refractivity contribution in [3.05, 3.63) is 79.3 Å². The van der Waals surface area contributed by atoms with E-state index in [9.17, 15) is 23.7 Å². The summed E-state index contributed by atoms with van der Waals surface area (Å²) in [4.78, 5) is 51.2. The third-order valence-corrected chi connectivity index (χ3v) is 8.50. The molecule has 0 bridgehead atoms. The number of hydrogen-bond acceptors (Lipinski definition) is 10. The van der Waals surface area contributed by atoms with Crippen LogP contribution in [0.15, 0.2) is 62.5 Å². The van der Waals surface area contributed by atoms with Crippen molar-refractivity contribution >= 4 is 35.5 Å². The van der Waals surface area contributed by atoms with Gasteiger partial charge in [0.15, 0.2) is 18.4 Å². The number of carbonyl (C=O) groups excluding carboxylic acids is 2. The maximum Gasteiger partial charge on any atom is 0.367 e. The fourth-order valence-electron chi connectivity index (χ4n) is 3.60. The number of aromatic amines is 1. The van der Waals surface area contributed by atoms with E-state index in [2.05, 4.69) is 20.9 Å². The molecule has 0 saturated carbocycles. The summed E-state index contributed by atoms with van der Waals surface area (Å²) in [5.41, 5.74) is -1.28. The van der Waals surface area contributed by atoms with Gasteiger partial charge in [0.25, 0.3) is 5.56 Å². The molecule has 4 atom stereocenters. The van der Waals surface area contributed by atoms with Crippen molar-refractivity contribution in [3.8, 4) is 0 Å². The largest absolute Gasteiger partial charge is 0.454 e. The molecule has 0 spiro atoms. The molecule has 0 radical (unpaired) electrons. The van der Waals surface area contributed by atoms with Crippen molar-refractivity contribution in [1.82, 2.24) is 9.55 Å². The normalized spacial score (nSPS) is 22.0. The summed E-state index contributed by atoms with van der Waals surface area (Å²) in [6, 6.07) is 9.14. The van der Waals surface area contributed by atoms with E-state index in [4.69, 9.17) is 23.3 Å². The first-order chi connectivity index (χ1) is 17.6. The molecule has 12 nitrogen and oxygen atoms in total. The van der Waals surface area contributed by atoms with Crippen molar-refractivity contribution < 1.29 is 37.4 Å². The highest BCUT2D eigenvalue weighted by Gasteiger charge is 2.50. The Kier molecular flexibility index (Phi) is 9.80. The molecule has 1 aromatic heterocycles. The Morgan fingerprint density at radius 1 is 1.08 bits per heavy atom. The topological polar surface area (TPSA) is 152 Å². The molecule has 37 heavy (non-hydrogen) atoms. The summed E-state index contributed by atoms with van der Waals surface area (Å²) in [5.74, 6) is -1.50. The zero-order chi connectivity index (χ0) is 27.2. The predicted molar refractivity (Wildman–Crippen MR) is 134 cm³/mol. The van der Waals surface area contributed by atoms with Crippen LogP contribution in [0.1, 0.15) is 37.4 Å². The van der Waals surface area contributed by atoms with Crippen molar-refractivity contribution in [3.63, 3.8) is 0 Å². The predicted octanol–water partition coefficient (Wildman–Crippen LogP) is 3.09. The van der Waals surface area contributed by atoms with E-state index in [0.717, 1.165) is 23.8 Å². The monoisotopic (exact) mass is 600 g/mol. The highest BCUT2D eigenvalue weighted by molar-refractivity contribution is 9.13. The molecular formula is C23H26BrN2O10P. The molecule has 1 aliphatic rings. The summed E-state index contributed by atoms with van der Waals surface area (Å²) in [5, 5.41) is 0. The smallest absolute Gasteiger partial charge is 0.367 e. The van der Waals surface area contributed by atoms with Gasteiger partial charge in [-0.15, -0.1) is 0 Å². The average molecular weight is 601 g/mol. The van der Waals surface area contributed by atoms with Gasteiger partial charge < -0.3 is 23.3 Å². The molecule has 14 heteroatoms. The van der Waals surface area contributed by atoms with Gasteiger partial charge in [0, 0.05) is 19.2 Å². The Balaban J connectivity index is 2.10. The zero-order valence-electron chi connectivity index (χ0n) is 20.2. The van der Waals surface area contributed by atoms with E-state index in [1.54, 1.807) is 32.0 Å². The minimum absolute atomic E-state index is 0.0227. The number of hydrogen-bond donors (Lipinski definition) is 1. The molecule has 1 aromatic carbocycles. The van der Waals surface area contributed by atoms with Crippen LogP contribution in [0.2, 0.25) is 0 Å². The molecule has 1 unspecified atom stereocenters. The summed E-state index contributed by atoms with van der Waals surface area (Å²) >= 11 is 3.23. The Morgan fingerprint density at radius 2 is 1.73 bits per heavy atom. The minimum Gasteiger partial charge on any atom is -0.454 e. The van der Waals surface area contributed by atoms with E-state index in [1.165, 1.54) is 18.2 Å². The number of aromatic nitrogens is 2. The highest BCUT2D eigenvalue weighted by Crippen LogP contribution is 2.59. The fourth-order valence-corrected chi connectivity index (χ4v) is 5.80. The zero-order valence-corrected chi connectivity index (χ0v) is 22.7. The van der Waals surface area contributed by atoms with Crippen molar-refractivity contribution in [2.24, 2.45) is 0 Å². The number of esters is 2. The van der Waals surface area contributed by atoms with Crippen LogP contribution in [-0.2, 0) is 32.6 Å². The number of halogens is 1. The van der Waals surface area contributed by atoms with E-state index < -0.39 is 55.3 Å². The van der Waals surface area contributed by atoms with Gasteiger partial charge in [-0.3, -0.25) is 23.7 Å². The Bertz CT molecular complexity index is 1300. The lowest BCUT2D eigenvalue weighted by atomic mass is 10.1. The van der Waals surface area contributed by atoms with Crippen LogP contribution in [-0.4, -0.2) is 53.0 Å². The summed E-state index contributed by atoms with van der Waals surface area (Å²) in [6.07, 6.45) is -2.67. The van der Waals surface area contributed by atoms with Gasteiger partial charge in [0.1, 0.15) is 10.3 Å². The molecule has 200 valence electrons. The number of nitrogens with zero attached hydrogens (tertiary/aromatic N) is 1. The molecule has 1 saturated heterocycles. The van der Waals surface area contributed by atoms with Gasteiger partial charge in [0.05, 0.1) is 18.8 Å². The van der Waals surface area contributed by atoms with E-state index >= 15 is 0 Å². The number of H-pyrrole nitrogens is 1. The fraction of sp³-hybridized carbons (Fsp3) is 0.391. The maximum absolute atomic E-state index is 13.3. The van der Waals surface area contributed by atoms with Crippen LogP contribution in [0.5, 0.6) is 0 Å². The van der Waals surface area contributed by atoms with E-state index in [0.29, 0.717) is 0 Å². The van der Waals surface area contributed by atoms with Crippen molar-refractivity contribution in [2.45, 2.75) is 45.3 Å². The average Bonchev–Trinajstić information content (AvgIpc) is 3.15. The van der Waals surface area contributed by atoms with Crippen LogP contribution >= 0.6 is 23.5 Å². The standard InChI is InChI=1S/C23H26BrN2O10P/c1-4-32-37(31,33-5-2)17(24)13-16-19(36-22(29)15-9-7-6-8-10-15)20(34-14(3)27)21(35-16)26-12-11-18(28)25-23(26)30/h6-13,16,19-21H,4-5H2,1-3H3,(H,25,28,30)/b17-13+/t16-,19-,20-,21?/m1/s1. The van der Waals surface area contributed by atoms with Crippen LogP contribution in [0, 0.1) is 0 Å². The lowest BCUT2D eigenvalue weighted by Crippen LogP contribution is -2.41. The maximum atomic E-state index is 13.3. The second-order valence-electron chi connectivity index (χ2n) is 7.64. The molecule has 1 N–H and O–H groups in total. The van der Waals surface area contributed by atoms with Gasteiger partial charge in [-0.1, -0.05) is 18.2 Å². The number of nitrogens with one attached hydrogen (secondary N) is 1. The van der Waals surface area contributed by atoms with Gasteiger partial charge in [0.2, 0.25) is 0 Å². The summed E-state index contributed by atoms with van der Waals surface area (Å²) in [6.45, 7) is 4.56. The van der Waals surface area contributed by atoms with E-state index in [1.807, 2.05) is 0 Å². The lowest BCUT2D eigenvalue weighted by molar-refractivity contribution is -0.156. The van der Waals surface area contributed by atoms with Crippen LogP contribution in [0.3, 0.4) is 0 Å². The minimum atomic E-state index is -3.80. The SMILES string of the molecule is CCOP(=O)(OCC)/C(Br)=C/[C@H]1OC(n2ccc(=O)[nH]c2=O)[C@H](OC(C)=O)[C@@H]1OC(=O)c1ccccc1. The molecule has 1 fully saturated rings. The molecule has 3 rings (SSSR count). The first-order valence-corrected chi connectivity index (χ1v) is 13.6. The second-order valence-corrected chi connectivity index (χ2v) is 11.1. The molecular weight excluding hydrogens is 575 g/mol. The number of rotatable bonds is 10. The van der Waals surface area contributed by atoms with E-state index in [-0.39, 0.29) is 23.0 Å². The Labute approximate surface area is 220 Å². The summed E-state index contributed by atoms with van der Waals surface area (Å²) < 4.78 is 42.0. The van der Waals surface area contributed by atoms with Gasteiger partial charge >= 0.3 is 25.2 Å². The quantitative estimate of drug-likeness (QED) is 0.318. The van der Waals surface area contributed by atoms with Gasteiger partial charge in [-0.25, -0.2) is 9.59 Å². The van der Waals surface area contributed by atoms with Crippen LogP contribution in [0.25, 0.3) is 0 Å². The Morgan fingerprint density at radius 3 is 2.30 bits per heavy atom. The first kappa shape index (κ1) is 28.7. The van der Waals surface area contributed by atoms with Crippen molar-refractivity contribution in [1.29, 1.82) is 0 Å². The first-order valence-electron chi connectivity index (χ1n) is 11.3. The Hall–Kier alpha value is -2.83. The lowest BCUT2D eigenvalue weighted by Gasteiger charge is -2.24. The van der Waals surface area contributed by atoms with Crippen LogP contribution in [0.4, 0.5) is 0 Å². The molecule has 1 aliphatic heterocycles. The van der Waals surface area contributed by atoms with Crippen LogP contribution < -0.4 is 11.2 Å². The number of benzene rings is 1.